The van der Waals surface area contributed by atoms with Gasteiger partial charge in [-0.15, -0.1) is 0 Å². The number of sulfonamides is 1. The van der Waals surface area contributed by atoms with Gasteiger partial charge in [0.15, 0.2) is 0 Å². The highest BCUT2D eigenvalue weighted by Crippen LogP contribution is 2.31. The molecule has 1 heterocycles. The number of rotatable bonds is 10. The van der Waals surface area contributed by atoms with E-state index >= 15 is 0 Å². The maximum atomic E-state index is 13.0. The van der Waals surface area contributed by atoms with Crippen LogP contribution in [0.15, 0.2) is 72.0 Å². The number of carbonyl (C=O) groups is 1. The topological polar surface area (TPSA) is 104 Å². The van der Waals surface area contributed by atoms with Crippen molar-refractivity contribution in [2.45, 2.75) is 36.6 Å². The van der Waals surface area contributed by atoms with E-state index in [0.717, 1.165) is 23.2 Å². The van der Waals surface area contributed by atoms with E-state index in [1.807, 2.05) is 30.3 Å². The van der Waals surface area contributed by atoms with E-state index < -0.39 is 16.1 Å². The van der Waals surface area contributed by atoms with Crippen LogP contribution in [0.1, 0.15) is 24.8 Å². The molecular weight excluding hydrogens is 412 g/mol. The Morgan fingerprint density at radius 1 is 1.10 bits per heavy atom. The van der Waals surface area contributed by atoms with Crippen LogP contribution in [0.5, 0.6) is 0 Å². The van der Waals surface area contributed by atoms with Crippen molar-refractivity contribution in [2.75, 3.05) is 6.54 Å². The van der Waals surface area contributed by atoms with Crippen LogP contribution in [0, 0.1) is 5.92 Å². The van der Waals surface area contributed by atoms with Gasteiger partial charge in [0.25, 0.3) is 0 Å². The first-order valence-electron chi connectivity index (χ1n) is 10.4. The number of benzene rings is 2. The standard InChI is InChI=1S/C23H26N4O3S/c28-23(25-13-12-17-6-7-17)21(14-18-4-2-1-3-5-18)27-31(29,30)20-10-8-19(9-11-20)22-15-24-16-26-22/h1-5,8-11,15-17,21,27H,6-7,12-14H2,(H,24,26)(H,25,28)/t21-/m0/s1. The average Bonchev–Trinajstić information content (AvgIpc) is 3.43. The van der Waals surface area contributed by atoms with E-state index in [9.17, 15) is 13.2 Å². The molecule has 2 aromatic carbocycles. The maximum Gasteiger partial charge on any atom is 0.241 e. The summed E-state index contributed by atoms with van der Waals surface area (Å²) >= 11 is 0. The molecule has 1 atom stereocenters. The Bertz CT molecular complexity index is 1090. The lowest BCUT2D eigenvalue weighted by molar-refractivity contribution is -0.122. The number of nitrogens with zero attached hydrogens (tertiary/aromatic N) is 1. The van der Waals surface area contributed by atoms with E-state index in [4.69, 9.17) is 0 Å². The fourth-order valence-corrected chi connectivity index (χ4v) is 4.65. The zero-order valence-electron chi connectivity index (χ0n) is 17.1. The SMILES string of the molecule is O=C(NCCC1CC1)[C@H](Cc1ccccc1)NS(=O)(=O)c1ccc(-c2cnc[nH]2)cc1. The summed E-state index contributed by atoms with van der Waals surface area (Å²) in [5, 5.41) is 2.90. The number of H-pyrrole nitrogens is 1. The molecular formula is C23H26N4O3S. The van der Waals surface area contributed by atoms with Gasteiger partial charge < -0.3 is 10.3 Å². The molecule has 3 aromatic rings. The average molecular weight is 439 g/mol. The Labute approximate surface area is 182 Å². The van der Waals surface area contributed by atoms with Crippen LogP contribution in [0.25, 0.3) is 11.3 Å². The maximum absolute atomic E-state index is 13.0. The predicted octanol–water partition coefficient (Wildman–Crippen LogP) is 2.88. The van der Waals surface area contributed by atoms with Crippen molar-refractivity contribution in [2.24, 2.45) is 5.92 Å². The van der Waals surface area contributed by atoms with Crippen LogP contribution >= 0.6 is 0 Å². The third-order valence-electron chi connectivity index (χ3n) is 5.42. The highest BCUT2D eigenvalue weighted by Gasteiger charge is 2.27. The van der Waals surface area contributed by atoms with Crippen LogP contribution in [0.3, 0.4) is 0 Å². The zero-order valence-corrected chi connectivity index (χ0v) is 17.9. The minimum Gasteiger partial charge on any atom is -0.355 e. The third-order valence-corrected chi connectivity index (χ3v) is 6.91. The van der Waals surface area contributed by atoms with E-state index in [2.05, 4.69) is 20.0 Å². The molecule has 4 rings (SSSR count). The Hall–Kier alpha value is -2.97. The lowest BCUT2D eigenvalue weighted by Gasteiger charge is -2.19. The Balaban J connectivity index is 1.48. The molecule has 1 amide bonds. The molecule has 3 N–H and O–H groups in total. The fraction of sp³-hybridized carbons (Fsp3) is 0.304. The fourth-order valence-electron chi connectivity index (χ4n) is 3.45. The molecule has 162 valence electrons. The highest BCUT2D eigenvalue weighted by atomic mass is 32.2. The van der Waals surface area contributed by atoms with Gasteiger partial charge in [-0.05, 0) is 42.0 Å². The molecule has 8 heteroatoms. The van der Waals surface area contributed by atoms with E-state index in [1.54, 1.807) is 24.7 Å². The molecule has 0 unspecified atom stereocenters. The monoisotopic (exact) mass is 438 g/mol. The summed E-state index contributed by atoms with van der Waals surface area (Å²) in [6.07, 6.45) is 6.88. The largest absolute Gasteiger partial charge is 0.355 e. The quantitative estimate of drug-likeness (QED) is 0.453. The van der Waals surface area contributed by atoms with Crippen molar-refractivity contribution in [3.63, 3.8) is 0 Å². The molecule has 1 aliphatic carbocycles. The van der Waals surface area contributed by atoms with Crippen molar-refractivity contribution in [1.82, 2.24) is 20.0 Å². The van der Waals surface area contributed by atoms with Gasteiger partial charge in [0, 0.05) is 6.54 Å². The van der Waals surface area contributed by atoms with E-state index in [1.165, 1.54) is 25.0 Å². The van der Waals surface area contributed by atoms with Gasteiger partial charge in [0.2, 0.25) is 15.9 Å². The normalized spacial score (nSPS) is 14.8. The summed E-state index contributed by atoms with van der Waals surface area (Å²) in [7, 11) is -3.88. The number of hydrogen-bond donors (Lipinski definition) is 3. The van der Waals surface area contributed by atoms with E-state index in [-0.39, 0.29) is 17.2 Å². The molecule has 0 radical (unpaired) electrons. The smallest absolute Gasteiger partial charge is 0.241 e. The molecule has 0 bridgehead atoms. The van der Waals surface area contributed by atoms with Crippen LogP contribution in [-0.4, -0.2) is 36.9 Å². The lowest BCUT2D eigenvalue weighted by Crippen LogP contribution is -2.48. The van der Waals surface area contributed by atoms with Gasteiger partial charge in [0.1, 0.15) is 6.04 Å². The third kappa shape index (κ3) is 5.80. The first kappa shape index (κ1) is 21.3. The van der Waals surface area contributed by atoms with Crippen molar-refractivity contribution in [3.8, 4) is 11.3 Å². The van der Waals surface area contributed by atoms with Gasteiger partial charge in [-0.3, -0.25) is 4.79 Å². The molecule has 1 aliphatic rings. The van der Waals surface area contributed by atoms with Crippen LogP contribution in [-0.2, 0) is 21.2 Å². The number of aromatic amines is 1. The molecule has 1 saturated carbocycles. The van der Waals surface area contributed by atoms with Crippen molar-refractivity contribution in [3.05, 3.63) is 72.7 Å². The van der Waals surface area contributed by atoms with E-state index in [0.29, 0.717) is 12.5 Å². The Morgan fingerprint density at radius 2 is 1.84 bits per heavy atom. The predicted molar refractivity (Wildman–Crippen MR) is 119 cm³/mol. The van der Waals surface area contributed by atoms with Gasteiger partial charge in [-0.25, -0.2) is 13.4 Å². The van der Waals surface area contributed by atoms with Gasteiger partial charge >= 0.3 is 0 Å². The number of amides is 1. The molecule has 1 aromatic heterocycles. The number of hydrogen-bond acceptors (Lipinski definition) is 4. The summed E-state index contributed by atoms with van der Waals surface area (Å²) in [5.41, 5.74) is 2.52. The van der Waals surface area contributed by atoms with Gasteiger partial charge in [-0.2, -0.15) is 4.72 Å². The first-order valence-corrected chi connectivity index (χ1v) is 11.9. The second-order valence-electron chi connectivity index (χ2n) is 7.88. The van der Waals surface area contributed by atoms with Gasteiger partial charge in [-0.1, -0.05) is 55.3 Å². The van der Waals surface area contributed by atoms with Crippen LogP contribution < -0.4 is 10.0 Å². The van der Waals surface area contributed by atoms with Crippen LogP contribution in [0.4, 0.5) is 0 Å². The van der Waals surface area contributed by atoms with Crippen molar-refractivity contribution in [1.29, 1.82) is 0 Å². The molecule has 7 nitrogen and oxygen atoms in total. The molecule has 0 aliphatic heterocycles. The Kier molecular flexibility index (Phi) is 6.48. The number of carbonyl (C=O) groups excluding carboxylic acids is 1. The molecule has 1 fully saturated rings. The van der Waals surface area contributed by atoms with Gasteiger partial charge in [0.05, 0.1) is 23.1 Å². The first-order chi connectivity index (χ1) is 15.0. The second kappa shape index (κ2) is 9.45. The summed E-state index contributed by atoms with van der Waals surface area (Å²) in [6.45, 7) is 0.565. The zero-order chi connectivity index (χ0) is 21.7. The second-order valence-corrected chi connectivity index (χ2v) is 9.59. The number of nitrogens with one attached hydrogen (secondary N) is 3. The summed E-state index contributed by atoms with van der Waals surface area (Å²) in [4.78, 5) is 19.9. The molecule has 31 heavy (non-hydrogen) atoms. The van der Waals surface area contributed by atoms with Crippen LogP contribution in [0.2, 0.25) is 0 Å². The number of aromatic nitrogens is 2. The summed E-state index contributed by atoms with van der Waals surface area (Å²) < 4.78 is 28.6. The number of imidazole rings is 1. The lowest BCUT2D eigenvalue weighted by atomic mass is 10.1. The summed E-state index contributed by atoms with van der Waals surface area (Å²) in [6, 6.07) is 15.0. The van der Waals surface area contributed by atoms with Crippen molar-refractivity contribution >= 4 is 15.9 Å². The van der Waals surface area contributed by atoms with Crippen molar-refractivity contribution < 1.29 is 13.2 Å². The minimum atomic E-state index is -3.88. The minimum absolute atomic E-state index is 0.111. The highest BCUT2D eigenvalue weighted by molar-refractivity contribution is 7.89. The molecule has 0 saturated heterocycles. The summed E-state index contributed by atoms with van der Waals surface area (Å²) in [5.74, 6) is 0.389. The molecule has 0 spiro atoms. The Morgan fingerprint density at radius 3 is 2.48 bits per heavy atom.